The number of halogens is 3. The maximum Gasteiger partial charge on any atom is 0.338 e. The van der Waals surface area contributed by atoms with Crippen LogP contribution in [0.5, 0.6) is 0 Å². The van der Waals surface area contributed by atoms with Crippen LogP contribution in [0, 0.1) is 17.5 Å². The third-order valence-electron chi connectivity index (χ3n) is 3.47. The maximum atomic E-state index is 13.6. The Morgan fingerprint density at radius 1 is 1.15 bits per heavy atom. The average Bonchev–Trinajstić information content (AvgIpc) is 3.06. The number of thiazole rings is 1. The number of aliphatic hydroxyl groups is 1. The molecule has 0 fully saturated rings. The molecule has 0 aliphatic heterocycles. The Morgan fingerprint density at radius 3 is 2.52 bits per heavy atom. The fourth-order valence-corrected chi connectivity index (χ4v) is 3.05. The Balaban J connectivity index is 1.63. The van der Waals surface area contributed by atoms with Crippen molar-refractivity contribution < 1.29 is 32.6 Å². The van der Waals surface area contributed by atoms with Crippen LogP contribution in [0.15, 0.2) is 30.3 Å². The van der Waals surface area contributed by atoms with Crippen molar-refractivity contribution in [3.63, 3.8) is 0 Å². The van der Waals surface area contributed by atoms with Gasteiger partial charge in [-0.1, -0.05) is 23.5 Å². The van der Waals surface area contributed by atoms with E-state index >= 15 is 0 Å². The number of carbonyl (C=O) groups is 2. The van der Waals surface area contributed by atoms with Gasteiger partial charge in [-0.25, -0.2) is 22.9 Å². The molecule has 3 aromatic rings. The van der Waals surface area contributed by atoms with E-state index in [9.17, 15) is 22.8 Å². The number of nitrogens with one attached hydrogen (secondary N) is 1. The average molecular weight is 396 g/mol. The molecule has 27 heavy (non-hydrogen) atoms. The predicted molar refractivity (Wildman–Crippen MR) is 90.8 cm³/mol. The molecule has 0 aliphatic carbocycles. The van der Waals surface area contributed by atoms with Gasteiger partial charge in [0, 0.05) is 0 Å². The first-order valence-corrected chi connectivity index (χ1v) is 8.31. The first-order valence-electron chi connectivity index (χ1n) is 7.50. The Morgan fingerprint density at radius 2 is 1.85 bits per heavy atom. The number of anilines is 1. The van der Waals surface area contributed by atoms with E-state index in [1.165, 1.54) is 24.3 Å². The van der Waals surface area contributed by atoms with Crippen molar-refractivity contribution in [3.05, 3.63) is 58.9 Å². The van der Waals surface area contributed by atoms with Gasteiger partial charge in [-0.2, -0.15) is 0 Å². The molecule has 0 radical (unpaired) electrons. The van der Waals surface area contributed by atoms with E-state index in [0.29, 0.717) is 5.56 Å². The standard InChI is InChI=1S/C17H11F3N2O4S/c18-10-5-11-15(14(20)13(10)19)22-17(27-11)21-12(24)7-26-16(25)9-3-1-8(6-23)2-4-9/h1-5,23H,6-7H2,(H,21,22,24). The second-order valence-corrected chi connectivity index (χ2v) is 6.36. The van der Waals surface area contributed by atoms with Gasteiger partial charge in [0.2, 0.25) is 0 Å². The molecule has 1 amide bonds. The van der Waals surface area contributed by atoms with Crippen LogP contribution in [-0.2, 0) is 16.1 Å². The summed E-state index contributed by atoms with van der Waals surface area (Å²) in [5.74, 6) is -5.96. The lowest BCUT2D eigenvalue weighted by molar-refractivity contribution is -0.119. The van der Waals surface area contributed by atoms with Gasteiger partial charge in [-0.15, -0.1) is 0 Å². The first kappa shape index (κ1) is 18.8. The molecule has 1 aromatic heterocycles. The maximum absolute atomic E-state index is 13.6. The molecule has 2 aromatic carbocycles. The molecule has 3 rings (SSSR count). The predicted octanol–water partition coefficient (Wildman–Crippen LogP) is 3.00. The van der Waals surface area contributed by atoms with Crippen molar-refractivity contribution in [2.45, 2.75) is 6.61 Å². The molecule has 1 heterocycles. The molecule has 6 nitrogen and oxygen atoms in total. The summed E-state index contributed by atoms with van der Waals surface area (Å²) in [5, 5.41) is 11.1. The van der Waals surface area contributed by atoms with Gasteiger partial charge in [0.15, 0.2) is 29.2 Å². The van der Waals surface area contributed by atoms with E-state index < -0.39 is 41.5 Å². The van der Waals surface area contributed by atoms with E-state index in [1.54, 1.807) is 0 Å². The Kier molecular flexibility index (Phi) is 5.38. The third-order valence-corrected chi connectivity index (χ3v) is 4.39. The van der Waals surface area contributed by atoms with E-state index in [4.69, 9.17) is 9.84 Å². The summed E-state index contributed by atoms with van der Waals surface area (Å²) in [6.07, 6.45) is 0. The number of hydrogen-bond acceptors (Lipinski definition) is 6. The minimum absolute atomic E-state index is 0.0164. The third kappa shape index (κ3) is 4.07. The quantitative estimate of drug-likeness (QED) is 0.511. The van der Waals surface area contributed by atoms with Crippen molar-refractivity contribution in [2.24, 2.45) is 0 Å². The summed E-state index contributed by atoms with van der Waals surface area (Å²) in [6.45, 7) is -0.810. The van der Waals surface area contributed by atoms with Crippen LogP contribution >= 0.6 is 11.3 Å². The summed E-state index contributed by atoms with van der Waals surface area (Å²) >= 11 is 0.743. The van der Waals surface area contributed by atoms with Crippen molar-refractivity contribution in [1.82, 2.24) is 4.98 Å². The van der Waals surface area contributed by atoms with E-state index in [1.807, 2.05) is 0 Å². The normalized spacial score (nSPS) is 10.8. The molecule has 0 unspecified atom stereocenters. The number of ether oxygens (including phenoxy) is 1. The zero-order valence-electron chi connectivity index (χ0n) is 13.5. The topological polar surface area (TPSA) is 88.5 Å². The smallest absolute Gasteiger partial charge is 0.338 e. The summed E-state index contributed by atoms with van der Waals surface area (Å²) < 4.78 is 44.9. The second-order valence-electron chi connectivity index (χ2n) is 5.33. The molecule has 0 saturated carbocycles. The van der Waals surface area contributed by atoms with Gasteiger partial charge in [-0.05, 0) is 23.8 Å². The number of hydrogen-bond donors (Lipinski definition) is 2. The lowest BCUT2D eigenvalue weighted by atomic mass is 10.1. The van der Waals surface area contributed by atoms with Crippen LogP contribution < -0.4 is 5.32 Å². The number of carbonyl (C=O) groups excluding carboxylic acids is 2. The molecule has 0 atom stereocenters. The summed E-state index contributed by atoms with van der Waals surface area (Å²) in [6, 6.07) is 6.71. The molecular formula is C17H11F3N2O4S. The highest BCUT2D eigenvalue weighted by atomic mass is 32.1. The fourth-order valence-electron chi connectivity index (χ4n) is 2.14. The molecule has 0 spiro atoms. The largest absolute Gasteiger partial charge is 0.452 e. The number of aromatic nitrogens is 1. The molecule has 140 valence electrons. The van der Waals surface area contributed by atoms with E-state index in [0.717, 1.165) is 17.4 Å². The molecule has 0 bridgehead atoms. The lowest BCUT2D eigenvalue weighted by Crippen LogP contribution is -2.20. The number of nitrogens with zero attached hydrogens (tertiary/aromatic N) is 1. The number of amides is 1. The highest BCUT2D eigenvalue weighted by Gasteiger charge is 2.18. The monoisotopic (exact) mass is 396 g/mol. The molecule has 0 aliphatic rings. The highest BCUT2D eigenvalue weighted by molar-refractivity contribution is 7.22. The minimum atomic E-state index is -1.65. The van der Waals surface area contributed by atoms with Crippen molar-refractivity contribution >= 4 is 38.6 Å². The Labute approximate surface area is 154 Å². The van der Waals surface area contributed by atoms with Crippen LogP contribution in [-0.4, -0.2) is 28.6 Å². The summed E-state index contributed by atoms with van der Waals surface area (Å²) in [5.41, 5.74) is 0.392. The van der Waals surface area contributed by atoms with Crippen LogP contribution in [0.3, 0.4) is 0 Å². The van der Waals surface area contributed by atoms with Gasteiger partial charge in [-0.3, -0.25) is 10.1 Å². The number of benzene rings is 2. The lowest BCUT2D eigenvalue weighted by Gasteiger charge is -2.05. The second kappa shape index (κ2) is 7.72. The minimum Gasteiger partial charge on any atom is -0.452 e. The number of aliphatic hydroxyl groups excluding tert-OH is 1. The Hall–Kier alpha value is -2.98. The zero-order chi connectivity index (χ0) is 19.6. The summed E-state index contributed by atoms with van der Waals surface area (Å²) in [7, 11) is 0. The van der Waals surface area contributed by atoms with Crippen LogP contribution in [0.1, 0.15) is 15.9 Å². The summed E-state index contributed by atoms with van der Waals surface area (Å²) in [4.78, 5) is 27.4. The van der Waals surface area contributed by atoms with Crippen molar-refractivity contribution in [1.29, 1.82) is 0 Å². The number of rotatable bonds is 5. The van der Waals surface area contributed by atoms with Gasteiger partial charge in [0.05, 0.1) is 16.9 Å². The van der Waals surface area contributed by atoms with Crippen LogP contribution in [0.25, 0.3) is 10.2 Å². The zero-order valence-corrected chi connectivity index (χ0v) is 14.3. The highest BCUT2D eigenvalue weighted by Crippen LogP contribution is 2.30. The van der Waals surface area contributed by atoms with Gasteiger partial charge < -0.3 is 9.84 Å². The van der Waals surface area contributed by atoms with Gasteiger partial charge in [0.1, 0.15) is 5.52 Å². The van der Waals surface area contributed by atoms with Gasteiger partial charge >= 0.3 is 5.97 Å². The van der Waals surface area contributed by atoms with E-state index in [-0.39, 0.29) is 22.0 Å². The number of fused-ring (bicyclic) bond motifs is 1. The molecule has 10 heteroatoms. The molecular weight excluding hydrogens is 385 g/mol. The first-order chi connectivity index (χ1) is 12.9. The fraction of sp³-hybridized carbons (Fsp3) is 0.118. The SMILES string of the molecule is O=C(COC(=O)c1ccc(CO)cc1)Nc1nc2c(F)c(F)c(F)cc2s1. The van der Waals surface area contributed by atoms with Crippen molar-refractivity contribution in [3.8, 4) is 0 Å². The molecule has 0 saturated heterocycles. The van der Waals surface area contributed by atoms with Gasteiger partial charge in [0.25, 0.3) is 5.91 Å². The Bertz CT molecular complexity index is 1020. The van der Waals surface area contributed by atoms with Crippen LogP contribution in [0.2, 0.25) is 0 Å². The van der Waals surface area contributed by atoms with Crippen LogP contribution in [0.4, 0.5) is 18.3 Å². The van der Waals surface area contributed by atoms with E-state index in [2.05, 4.69) is 10.3 Å². The number of esters is 1. The molecule has 2 N–H and O–H groups in total. The van der Waals surface area contributed by atoms with Crippen molar-refractivity contribution in [2.75, 3.05) is 11.9 Å².